The molecule has 3 aromatic heterocycles. The molecule has 1 unspecified atom stereocenters. The Kier molecular flexibility index (Phi) is 5.09. The lowest BCUT2D eigenvalue weighted by atomic mass is 10.2. The number of amides is 1. The molecule has 0 aliphatic heterocycles. The van der Waals surface area contributed by atoms with Gasteiger partial charge in [-0.25, -0.2) is 9.67 Å². The summed E-state index contributed by atoms with van der Waals surface area (Å²) in [4.78, 5) is 29.2. The van der Waals surface area contributed by atoms with E-state index < -0.39 is 29.2 Å². The molecule has 1 atom stereocenters. The number of hydrogen-bond donors (Lipinski definition) is 1. The number of rotatable bonds is 5. The van der Waals surface area contributed by atoms with Gasteiger partial charge in [0.2, 0.25) is 5.91 Å². The molecule has 1 amide bonds. The van der Waals surface area contributed by atoms with Gasteiger partial charge in [-0.2, -0.15) is 18.3 Å². The Morgan fingerprint density at radius 1 is 1.26 bits per heavy atom. The standard InChI is InChI=1S/C20H16F3N5O3/c1-12(16-6-3-7-31-16)26-17(29)10-27-11-24-18-15(19(27)30)9-25-28(18)14-5-2-4-13(8-14)20(21,22)23/h2-9,11-12H,10H2,1H3,(H,26,29). The largest absolute Gasteiger partial charge is 0.467 e. The van der Waals surface area contributed by atoms with Crippen molar-refractivity contribution >= 4 is 16.9 Å². The highest BCUT2D eigenvalue weighted by Gasteiger charge is 2.30. The number of benzene rings is 1. The fourth-order valence-corrected chi connectivity index (χ4v) is 3.11. The van der Waals surface area contributed by atoms with Gasteiger partial charge in [-0.3, -0.25) is 14.2 Å². The maximum absolute atomic E-state index is 13.0. The number of carbonyl (C=O) groups is 1. The third-order valence-corrected chi connectivity index (χ3v) is 4.63. The van der Waals surface area contributed by atoms with Crippen LogP contribution in [0.2, 0.25) is 0 Å². The van der Waals surface area contributed by atoms with Crippen molar-refractivity contribution < 1.29 is 22.4 Å². The van der Waals surface area contributed by atoms with Gasteiger partial charge in [0.25, 0.3) is 5.56 Å². The first-order valence-electron chi connectivity index (χ1n) is 9.17. The van der Waals surface area contributed by atoms with E-state index in [1.54, 1.807) is 19.1 Å². The van der Waals surface area contributed by atoms with E-state index in [1.807, 2.05) is 0 Å². The molecule has 8 nitrogen and oxygen atoms in total. The molecule has 0 saturated carbocycles. The molecule has 1 N–H and O–H groups in total. The molecule has 1 aromatic carbocycles. The van der Waals surface area contributed by atoms with Gasteiger partial charge in [-0.15, -0.1) is 0 Å². The number of aromatic nitrogens is 4. The molecule has 0 aliphatic rings. The molecule has 0 radical (unpaired) electrons. The molecule has 4 aromatic rings. The summed E-state index contributed by atoms with van der Waals surface area (Å²) in [6.45, 7) is 1.45. The highest BCUT2D eigenvalue weighted by molar-refractivity contribution is 5.78. The summed E-state index contributed by atoms with van der Waals surface area (Å²) in [5.41, 5.74) is -1.18. The van der Waals surface area contributed by atoms with Gasteiger partial charge in [0.1, 0.15) is 24.0 Å². The normalized spacial score (nSPS) is 12.8. The number of halogens is 3. The Balaban J connectivity index is 1.60. The lowest BCUT2D eigenvalue weighted by Gasteiger charge is -2.12. The number of hydrogen-bond acceptors (Lipinski definition) is 5. The molecule has 0 saturated heterocycles. The molecule has 11 heteroatoms. The van der Waals surface area contributed by atoms with Gasteiger partial charge in [-0.05, 0) is 37.3 Å². The second-order valence-corrected chi connectivity index (χ2v) is 6.82. The summed E-state index contributed by atoms with van der Waals surface area (Å²) in [5.74, 6) is 0.133. The zero-order valence-electron chi connectivity index (χ0n) is 16.1. The van der Waals surface area contributed by atoms with Crippen LogP contribution in [-0.2, 0) is 17.5 Å². The topological polar surface area (TPSA) is 95.0 Å². The average Bonchev–Trinajstić information content (AvgIpc) is 3.40. The van der Waals surface area contributed by atoms with E-state index >= 15 is 0 Å². The molecular formula is C20H16F3N5O3. The number of furan rings is 1. The van der Waals surface area contributed by atoms with Crippen LogP contribution in [0.15, 0.2) is 64.4 Å². The summed E-state index contributed by atoms with van der Waals surface area (Å²) in [6.07, 6.45) is -0.653. The van der Waals surface area contributed by atoms with Gasteiger partial charge in [0.05, 0.1) is 29.8 Å². The lowest BCUT2D eigenvalue weighted by molar-refractivity contribution is -0.137. The first-order chi connectivity index (χ1) is 14.7. The Morgan fingerprint density at radius 3 is 2.77 bits per heavy atom. The second-order valence-electron chi connectivity index (χ2n) is 6.82. The van der Waals surface area contributed by atoms with Crippen molar-refractivity contribution in [3.63, 3.8) is 0 Å². The summed E-state index contributed by atoms with van der Waals surface area (Å²) >= 11 is 0. The van der Waals surface area contributed by atoms with E-state index in [4.69, 9.17) is 4.42 Å². The zero-order valence-corrected chi connectivity index (χ0v) is 16.1. The number of alkyl halides is 3. The molecule has 160 valence electrons. The first-order valence-corrected chi connectivity index (χ1v) is 9.17. The third-order valence-electron chi connectivity index (χ3n) is 4.63. The fraction of sp³-hybridized carbons (Fsp3) is 0.200. The van der Waals surface area contributed by atoms with Crippen LogP contribution >= 0.6 is 0 Å². The predicted molar refractivity (Wildman–Crippen MR) is 103 cm³/mol. The number of nitrogens with zero attached hydrogens (tertiary/aromatic N) is 4. The summed E-state index contributed by atoms with van der Waals surface area (Å²) in [6, 6.07) is 7.56. The maximum Gasteiger partial charge on any atom is 0.416 e. The van der Waals surface area contributed by atoms with Crippen molar-refractivity contribution in [1.29, 1.82) is 0 Å². The Labute approximate surface area is 172 Å². The zero-order chi connectivity index (χ0) is 22.2. The molecule has 3 heterocycles. The van der Waals surface area contributed by atoms with Crippen LogP contribution in [-0.4, -0.2) is 25.2 Å². The van der Waals surface area contributed by atoms with Crippen molar-refractivity contribution in [2.45, 2.75) is 25.7 Å². The Hall–Kier alpha value is -3.89. The maximum atomic E-state index is 13.0. The third kappa shape index (κ3) is 4.06. The van der Waals surface area contributed by atoms with Crippen LogP contribution in [0.5, 0.6) is 0 Å². The molecule has 0 fully saturated rings. The van der Waals surface area contributed by atoms with E-state index in [9.17, 15) is 22.8 Å². The number of carbonyl (C=O) groups excluding carboxylic acids is 1. The SMILES string of the molecule is CC(NC(=O)Cn1cnc2c(cnn2-c2cccc(C(F)(F)F)c2)c1=O)c1ccco1. The van der Waals surface area contributed by atoms with Gasteiger partial charge in [0, 0.05) is 0 Å². The van der Waals surface area contributed by atoms with Crippen molar-refractivity contribution in [2.24, 2.45) is 0 Å². The molecule has 0 spiro atoms. The van der Waals surface area contributed by atoms with Crippen molar-refractivity contribution in [3.8, 4) is 5.69 Å². The Morgan fingerprint density at radius 2 is 2.06 bits per heavy atom. The van der Waals surface area contributed by atoms with E-state index in [1.165, 1.54) is 24.6 Å². The number of nitrogens with one attached hydrogen (secondary N) is 1. The minimum absolute atomic E-state index is 0.0757. The molecular weight excluding hydrogens is 415 g/mol. The average molecular weight is 431 g/mol. The lowest BCUT2D eigenvalue weighted by Crippen LogP contribution is -2.33. The highest BCUT2D eigenvalue weighted by atomic mass is 19.4. The van der Waals surface area contributed by atoms with Gasteiger partial charge in [0.15, 0.2) is 5.65 Å². The van der Waals surface area contributed by atoms with Crippen LogP contribution in [0, 0.1) is 0 Å². The predicted octanol–water partition coefficient (Wildman–Crippen LogP) is 3.07. The fourth-order valence-electron chi connectivity index (χ4n) is 3.11. The first kappa shape index (κ1) is 20.4. The van der Waals surface area contributed by atoms with Crippen molar-refractivity contribution in [3.05, 3.63) is 76.9 Å². The van der Waals surface area contributed by atoms with E-state index in [2.05, 4.69) is 15.4 Å². The van der Waals surface area contributed by atoms with Crippen LogP contribution in [0.4, 0.5) is 13.2 Å². The minimum atomic E-state index is -4.51. The van der Waals surface area contributed by atoms with E-state index in [0.717, 1.165) is 27.7 Å². The molecule has 0 bridgehead atoms. The smallest absolute Gasteiger partial charge is 0.416 e. The monoisotopic (exact) mass is 431 g/mol. The summed E-state index contributed by atoms with van der Waals surface area (Å²) in [5, 5.41) is 6.80. The van der Waals surface area contributed by atoms with Crippen molar-refractivity contribution in [2.75, 3.05) is 0 Å². The highest BCUT2D eigenvalue weighted by Crippen LogP contribution is 2.30. The summed E-state index contributed by atoms with van der Waals surface area (Å²) < 4.78 is 46.5. The summed E-state index contributed by atoms with van der Waals surface area (Å²) in [7, 11) is 0. The van der Waals surface area contributed by atoms with Crippen LogP contribution < -0.4 is 10.9 Å². The van der Waals surface area contributed by atoms with Crippen molar-refractivity contribution in [1.82, 2.24) is 24.6 Å². The van der Waals surface area contributed by atoms with E-state index in [0.29, 0.717) is 5.76 Å². The van der Waals surface area contributed by atoms with Gasteiger partial charge >= 0.3 is 6.18 Å². The van der Waals surface area contributed by atoms with Crippen LogP contribution in [0.25, 0.3) is 16.7 Å². The van der Waals surface area contributed by atoms with Crippen LogP contribution in [0.1, 0.15) is 24.3 Å². The quantitative estimate of drug-likeness (QED) is 0.524. The van der Waals surface area contributed by atoms with Gasteiger partial charge in [-0.1, -0.05) is 6.07 Å². The van der Waals surface area contributed by atoms with E-state index in [-0.39, 0.29) is 23.3 Å². The molecule has 4 rings (SSSR count). The minimum Gasteiger partial charge on any atom is -0.467 e. The molecule has 0 aliphatic carbocycles. The number of fused-ring (bicyclic) bond motifs is 1. The second kappa shape index (κ2) is 7.74. The van der Waals surface area contributed by atoms with Gasteiger partial charge < -0.3 is 9.73 Å². The van der Waals surface area contributed by atoms with Crippen LogP contribution in [0.3, 0.4) is 0 Å². The molecule has 31 heavy (non-hydrogen) atoms. The Bertz CT molecular complexity index is 1290.